The zero-order valence-corrected chi connectivity index (χ0v) is 15.7. The van der Waals surface area contributed by atoms with Crippen LogP contribution in [-0.2, 0) is 13.1 Å². The molecule has 0 fully saturated rings. The lowest BCUT2D eigenvalue weighted by atomic mass is 10.1. The highest BCUT2D eigenvalue weighted by molar-refractivity contribution is 5.95. The molecule has 2 aromatic carbocycles. The Morgan fingerprint density at radius 1 is 0.885 bits per heavy atom. The van der Waals surface area contributed by atoms with Crippen molar-refractivity contribution in [3.8, 4) is 0 Å². The third kappa shape index (κ3) is 5.43. The maximum absolute atomic E-state index is 12.3. The molecule has 0 radical (unpaired) electrons. The molecule has 0 unspecified atom stereocenters. The summed E-state index contributed by atoms with van der Waals surface area (Å²) in [4.78, 5) is 26.3. The van der Waals surface area contributed by atoms with Crippen molar-refractivity contribution in [1.29, 1.82) is 0 Å². The quantitative estimate of drug-likeness (QED) is 0.767. The summed E-state index contributed by atoms with van der Waals surface area (Å²) < 4.78 is 0. The summed E-state index contributed by atoms with van der Waals surface area (Å²) >= 11 is 0. The first kappa shape index (κ1) is 19.7. The Balaban J connectivity index is 1.94. The first-order chi connectivity index (χ1) is 12.6. The molecule has 0 heterocycles. The van der Waals surface area contributed by atoms with E-state index in [9.17, 15) is 9.59 Å². The molecule has 2 aromatic rings. The van der Waals surface area contributed by atoms with E-state index in [1.54, 1.807) is 19.2 Å². The smallest absolute Gasteiger partial charge is 0.251 e. The van der Waals surface area contributed by atoms with Gasteiger partial charge in [-0.15, -0.1) is 0 Å². The molecule has 138 valence electrons. The summed E-state index contributed by atoms with van der Waals surface area (Å²) in [5.41, 5.74) is 3.30. The number of nitrogens with one attached hydrogen (secondary N) is 2. The average molecular weight is 353 g/mol. The molecule has 0 saturated carbocycles. The van der Waals surface area contributed by atoms with E-state index in [-0.39, 0.29) is 11.8 Å². The third-order valence-corrected chi connectivity index (χ3v) is 4.39. The van der Waals surface area contributed by atoms with Crippen LogP contribution in [0.15, 0.2) is 48.5 Å². The van der Waals surface area contributed by atoms with Crippen LogP contribution in [0.3, 0.4) is 0 Å². The number of hydrogen-bond acceptors (Lipinski definition) is 3. The number of nitrogens with zero attached hydrogens (tertiary/aromatic N) is 1. The van der Waals surface area contributed by atoms with E-state index in [4.69, 9.17) is 0 Å². The van der Waals surface area contributed by atoms with Gasteiger partial charge in [-0.2, -0.15) is 0 Å². The highest BCUT2D eigenvalue weighted by Gasteiger charge is 2.08. The number of carbonyl (C=O) groups is 2. The molecule has 0 atom stereocenters. The minimum atomic E-state index is -0.137. The van der Waals surface area contributed by atoms with Crippen molar-refractivity contribution < 1.29 is 9.59 Å². The number of benzene rings is 2. The van der Waals surface area contributed by atoms with Crippen molar-refractivity contribution in [3.63, 3.8) is 0 Å². The summed E-state index contributed by atoms with van der Waals surface area (Å²) in [6.45, 7) is 7.57. The summed E-state index contributed by atoms with van der Waals surface area (Å²) in [5, 5.41) is 5.50. The van der Waals surface area contributed by atoms with Crippen LogP contribution in [0.5, 0.6) is 0 Å². The van der Waals surface area contributed by atoms with Crippen LogP contribution >= 0.6 is 0 Å². The van der Waals surface area contributed by atoms with Crippen molar-refractivity contribution in [2.45, 2.75) is 26.9 Å². The van der Waals surface area contributed by atoms with Gasteiger partial charge in [-0.25, -0.2) is 0 Å². The summed E-state index contributed by atoms with van der Waals surface area (Å²) in [6.07, 6.45) is 0. The van der Waals surface area contributed by atoms with Crippen molar-refractivity contribution in [1.82, 2.24) is 15.5 Å². The molecule has 2 rings (SSSR count). The van der Waals surface area contributed by atoms with E-state index in [1.807, 2.05) is 36.4 Å². The lowest BCUT2D eigenvalue weighted by Crippen LogP contribution is -2.24. The van der Waals surface area contributed by atoms with E-state index in [2.05, 4.69) is 29.4 Å². The number of carbonyl (C=O) groups excluding carboxylic acids is 2. The van der Waals surface area contributed by atoms with Crippen molar-refractivity contribution in [2.75, 3.05) is 20.1 Å². The Hall–Kier alpha value is -2.66. The van der Waals surface area contributed by atoms with Crippen molar-refractivity contribution in [3.05, 3.63) is 70.8 Å². The Kier molecular flexibility index (Phi) is 7.36. The van der Waals surface area contributed by atoms with Crippen LogP contribution in [0.25, 0.3) is 0 Å². The Morgan fingerprint density at radius 3 is 2.19 bits per heavy atom. The molecular formula is C21H27N3O2. The Labute approximate surface area is 155 Å². The van der Waals surface area contributed by atoms with Crippen LogP contribution < -0.4 is 10.6 Å². The molecule has 2 amide bonds. The Morgan fingerprint density at radius 2 is 1.58 bits per heavy atom. The minimum absolute atomic E-state index is 0.121. The fourth-order valence-electron chi connectivity index (χ4n) is 2.72. The predicted molar refractivity (Wildman–Crippen MR) is 104 cm³/mol. The normalized spacial score (nSPS) is 10.6. The predicted octanol–water partition coefficient (Wildman–Crippen LogP) is 2.82. The number of hydrogen-bond donors (Lipinski definition) is 2. The highest BCUT2D eigenvalue weighted by atomic mass is 16.2. The third-order valence-electron chi connectivity index (χ3n) is 4.39. The van der Waals surface area contributed by atoms with Crippen LogP contribution in [0, 0.1) is 0 Å². The molecule has 0 spiro atoms. The van der Waals surface area contributed by atoms with Gasteiger partial charge >= 0.3 is 0 Å². The molecule has 26 heavy (non-hydrogen) atoms. The standard InChI is InChI=1S/C21H27N3O2/c1-4-24(5-2)15-16-9-11-18(12-10-16)21(26)23-14-17-7-6-8-19(13-17)20(25)22-3/h6-13H,4-5,14-15H2,1-3H3,(H,22,25)(H,23,26). The summed E-state index contributed by atoms with van der Waals surface area (Å²) in [6, 6.07) is 14.9. The second-order valence-electron chi connectivity index (χ2n) is 6.12. The lowest BCUT2D eigenvalue weighted by molar-refractivity contribution is 0.0948. The second kappa shape index (κ2) is 9.73. The summed E-state index contributed by atoms with van der Waals surface area (Å²) in [5.74, 6) is -0.258. The largest absolute Gasteiger partial charge is 0.355 e. The molecule has 5 heteroatoms. The fraction of sp³-hybridized carbons (Fsp3) is 0.333. The van der Waals surface area contributed by atoms with Crippen molar-refractivity contribution in [2.24, 2.45) is 0 Å². The van der Waals surface area contributed by atoms with Gasteiger partial charge in [0.2, 0.25) is 0 Å². The molecular weight excluding hydrogens is 326 g/mol. The Bertz CT molecular complexity index is 737. The maximum Gasteiger partial charge on any atom is 0.251 e. The van der Waals surface area contributed by atoms with E-state index in [0.717, 1.165) is 25.2 Å². The van der Waals surface area contributed by atoms with Gasteiger partial charge in [0.1, 0.15) is 0 Å². The molecule has 0 saturated heterocycles. The SMILES string of the molecule is CCN(CC)Cc1ccc(C(=O)NCc2cccc(C(=O)NC)c2)cc1. The summed E-state index contributed by atoms with van der Waals surface area (Å²) in [7, 11) is 1.60. The molecule has 0 aliphatic heterocycles. The van der Waals surface area contributed by atoms with Gasteiger partial charge in [-0.3, -0.25) is 14.5 Å². The van der Waals surface area contributed by atoms with Crippen LogP contribution in [-0.4, -0.2) is 36.9 Å². The number of amides is 2. The van der Waals surface area contributed by atoms with Gasteiger partial charge in [0, 0.05) is 31.3 Å². The van der Waals surface area contributed by atoms with Gasteiger partial charge in [0.15, 0.2) is 0 Å². The van der Waals surface area contributed by atoms with E-state index < -0.39 is 0 Å². The van der Waals surface area contributed by atoms with Gasteiger partial charge in [-0.1, -0.05) is 38.1 Å². The molecule has 0 aliphatic carbocycles. The second-order valence-corrected chi connectivity index (χ2v) is 6.12. The molecule has 0 bridgehead atoms. The molecule has 5 nitrogen and oxygen atoms in total. The average Bonchev–Trinajstić information content (AvgIpc) is 2.70. The fourth-order valence-corrected chi connectivity index (χ4v) is 2.72. The molecule has 2 N–H and O–H groups in total. The maximum atomic E-state index is 12.3. The minimum Gasteiger partial charge on any atom is -0.355 e. The van der Waals surface area contributed by atoms with E-state index in [0.29, 0.717) is 17.7 Å². The van der Waals surface area contributed by atoms with Gasteiger partial charge in [0.05, 0.1) is 0 Å². The number of rotatable bonds is 8. The lowest BCUT2D eigenvalue weighted by Gasteiger charge is -2.18. The first-order valence-electron chi connectivity index (χ1n) is 8.97. The van der Waals surface area contributed by atoms with Crippen LogP contribution in [0.4, 0.5) is 0 Å². The van der Waals surface area contributed by atoms with Crippen LogP contribution in [0.1, 0.15) is 45.7 Å². The molecule has 0 aliphatic rings. The monoisotopic (exact) mass is 353 g/mol. The van der Waals surface area contributed by atoms with Gasteiger partial charge in [-0.05, 0) is 48.5 Å². The molecule has 0 aromatic heterocycles. The van der Waals surface area contributed by atoms with Gasteiger partial charge in [0.25, 0.3) is 11.8 Å². The first-order valence-corrected chi connectivity index (χ1v) is 8.97. The zero-order valence-electron chi connectivity index (χ0n) is 15.7. The highest BCUT2D eigenvalue weighted by Crippen LogP contribution is 2.09. The van der Waals surface area contributed by atoms with Crippen molar-refractivity contribution >= 4 is 11.8 Å². The van der Waals surface area contributed by atoms with E-state index in [1.165, 1.54) is 5.56 Å². The van der Waals surface area contributed by atoms with E-state index >= 15 is 0 Å². The van der Waals surface area contributed by atoms with Gasteiger partial charge < -0.3 is 10.6 Å². The van der Waals surface area contributed by atoms with Crippen LogP contribution in [0.2, 0.25) is 0 Å². The topological polar surface area (TPSA) is 61.4 Å². The zero-order chi connectivity index (χ0) is 18.9.